The van der Waals surface area contributed by atoms with Crippen molar-refractivity contribution in [3.8, 4) is 0 Å². The minimum absolute atomic E-state index is 0.0369. The smallest absolute Gasteiger partial charge is 0.310 e. The van der Waals surface area contributed by atoms with E-state index in [0.717, 1.165) is 12.8 Å². The van der Waals surface area contributed by atoms with Gasteiger partial charge in [0.1, 0.15) is 10.7 Å². The van der Waals surface area contributed by atoms with Crippen LogP contribution in [0.3, 0.4) is 0 Å². The third-order valence-corrected chi connectivity index (χ3v) is 3.31. The van der Waals surface area contributed by atoms with E-state index in [-0.39, 0.29) is 16.6 Å². The summed E-state index contributed by atoms with van der Waals surface area (Å²) >= 11 is 5.81. The molecule has 0 saturated heterocycles. The van der Waals surface area contributed by atoms with Gasteiger partial charge in [-0.3, -0.25) is 14.9 Å². The lowest BCUT2D eigenvalue weighted by Crippen LogP contribution is -2.25. The summed E-state index contributed by atoms with van der Waals surface area (Å²) in [7, 11) is 0. The molecule has 0 bridgehead atoms. The van der Waals surface area contributed by atoms with Crippen molar-refractivity contribution < 1.29 is 9.72 Å². The second-order valence-electron chi connectivity index (χ2n) is 4.77. The number of benzene rings is 1. The summed E-state index contributed by atoms with van der Waals surface area (Å²) in [5.74, 6) is 0.0369. The number of carbonyl (C=O) groups is 1. The summed E-state index contributed by atoms with van der Waals surface area (Å²) < 4.78 is 0. The number of hydrogen-bond donors (Lipinski definition) is 2. The number of carbonyl (C=O) groups excluding carboxylic acids is 1. The first-order valence-electron chi connectivity index (χ1n) is 6.54. The number of nitrogens with zero attached hydrogens (tertiary/aromatic N) is 1. The summed E-state index contributed by atoms with van der Waals surface area (Å²) in [5.41, 5.74) is 0.252. The maximum absolute atomic E-state index is 11.5. The highest BCUT2D eigenvalue weighted by molar-refractivity contribution is 6.33. The van der Waals surface area contributed by atoms with E-state index in [0.29, 0.717) is 31.1 Å². The molecule has 1 aromatic rings. The molecule has 1 aliphatic rings. The first-order valence-corrected chi connectivity index (χ1v) is 6.92. The summed E-state index contributed by atoms with van der Waals surface area (Å²) in [4.78, 5) is 21.9. The normalized spacial score (nSPS) is 13.8. The fraction of sp³-hybridized carbons (Fsp3) is 0.462. The van der Waals surface area contributed by atoms with Crippen molar-refractivity contribution in [2.24, 2.45) is 0 Å². The molecule has 7 heteroatoms. The van der Waals surface area contributed by atoms with Crippen molar-refractivity contribution in [3.63, 3.8) is 0 Å². The Morgan fingerprint density at radius 2 is 2.20 bits per heavy atom. The molecule has 2 N–H and O–H groups in total. The summed E-state index contributed by atoms with van der Waals surface area (Å²) in [6.07, 6.45) is 3.16. The maximum atomic E-state index is 11.5. The van der Waals surface area contributed by atoms with Gasteiger partial charge in [-0.05, 0) is 31.4 Å². The molecule has 0 aromatic heterocycles. The van der Waals surface area contributed by atoms with Gasteiger partial charge in [0.2, 0.25) is 5.91 Å². The fourth-order valence-electron chi connectivity index (χ4n) is 1.84. The first-order chi connectivity index (χ1) is 9.58. The molecule has 20 heavy (non-hydrogen) atoms. The van der Waals surface area contributed by atoms with E-state index < -0.39 is 4.92 Å². The largest absolute Gasteiger partial charge is 0.379 e. The molecule has 1 aromatic carbocycles. The van der Waals surface area contributed by atoms with Crippen LogP contribution in [-0.4, -0.2) is 23.4 Å². The number of nitro benzene ring substituents is 1. The van der Waals surface area contributed by atoms with Crippen molar-refractivity contribution in [1.29, 1.82) is 0 Å². The van der Waals surface area contributed by atoms with Gasteiger partial charge in [-0.2, -0.15) is 0 Å². The number of rotatable bonds is 7. The van der Waals surface area contributed by atoms with E-state index in [2.05, 4.69) is 10.6 Å². The van der Waals surface area contributed by atoms with Crippen LogP contribution in [0.5, 0.6) is 0 Å². The van der Waals surface area contributed by atoms with Gasteiger partial charge in [0.15, 0.2) is 0 Å². The Balaban J connectivity index is 1.80. The molecule has 0 heterocycles. The molecule has 0 atom stereocenters. The molecule has 0 aliphatic heterocycles. The van der Waals surface area contributed by atoms with Crippen LogP contribution >= 0.6 is 11.6 Å². The summed E-state index contributed by atoms with van der Waals surface area (Å²) in [5, 5.41) is 16.9. The molecule has 1 aliphatic carbocycles. The third-order valence-electron chi connectivity index (χ3n) is 3.01. The number of halogens is 1. The van der Waals surface area contributed by atoms with Crippen molar-refractivity contribution >= 4 is 28.9 Å². The van der Waals surface area contributed by atoms with Crippen molar-refractivity contribution in [2.45, 2.75) is 31.7 Å². The number of amides is 1. The Bertz CT molecular complexity index is 518. The lowest BCUT2D eigenvalue weighted by Gasteiger charge is -2.08. The molecule has 1 saturated carbocycles. The van der Waals surface area contributed by atoms with Crippen LogP contribution in [0, 0.1) is 10.1 Å². The van der Waals surface area contributed by atoms with Gasteiger partial charge in [-0.15, -0.1) is 0 Å². The zero-order chi connectivity index (χ0) is 14.5. The molecular formula is C13H16ClN3O3. The van der Waals surface area contributed by atoms with Crippen LogP contribution in [0.2, 0.25) is 5.02 Å². The van der Waals surface area contributed by atoms with Gasteiger partial charge >= 0.3 is 5.69 Å². The summed E-state index contributed by atoms with van der Waals surface area (Å²) in [6, 6.07) is 5.10. The molecule has 2 rings (SSSR count). The van der Waals surface area contributed by atoms with Crippen LogP contribution in [0.1, 0.15) is 25.7 Å². The van der Waals surface area contributed by atoms with E-state index in [1.54, 1.807) is 12.1 Å². The Labute approximate surface area is 121 Å². The highest BCUT2D eigenvalue weighted by Crippen LogP contribution is 2.32. The highest BCUT2D eigenvalue weighted by Gasteiger charge is 2.22. The molecule has 108 valence electrons. The molecule has 1 fully saturated rings. The second kappa shape index (κ2) is 6.56. The zero-order valence-corrected chi connectivity index (χ0v) is 11.7. The second-order valence-corrected chi connectivity index (χ2v) is 5.17. The lowest BCUT2D eigenvalue weighted by molar-refractivity contribution is -0.383. The molecule has 1 amide bonds. The zero-order valence-electron chi connectivity index (χ0n) is 10.9. The Morgan fingerprint density at radius 1 is 1.45 bits per heavy atom. The molecule has 0 unspecified atom stereocenters. The number of anilines is 1. The van der Waals surface area contributed by atoms with Crippen LogP contribution in [-0.2, 0) is 4.79 Å². The molecular weight excluding hydrogens is 282 g/mol. The molecule has 0 spiro atoms. The van der Waals surface area contributed by atoms with E-state index in [1.165, 1.54) is 6.07 Å². The standard InChI is InChI=1S/C13H16ClN3O3/c14-10-3-1-4-11(13(10)17(19)20)15-8-2-5-12(18)16-9-6-7-9/h1,3-4,9,15H,2,5-8H2,(H,16,18). The highest BCUT2D eigenvalue weighted by atomic mass is 35.5. The minimum Gasteiger partial charge on any atom is -0.379 e. The van der Waals surface area contributed by atoms with E-state index in [1.807, 2.05) is 0 Å². The number of para-hydroxylation sites is 1. The van der Waals surface area contributed by atoms with Gasteiger partial charge in [-0.25, -0.2) is 0 Å². The fourth-order valence-corrected chi connectivity index (χ4v) is 2.09. The number of hydrogen-bond acceptors (Lipinski definition) is 4. The first kappa shape index (κ1) is 14.6. The topological polar surface area (TPSA) is 84.3 Å². The average molecular weight is 298 g/mol. The quantitative estimate of drug-likeness (QED) is 0.460. The Morgan fingerprint density at radius 3 is 2.85 bits per heavy atom. The van der Waals surface area contributed by atoms with Gasteiger partial charge < -0.3 is 10.6 Å². The van der Waals surface area contributed by atoms with E-state index in [9.17, 15) is 14.9 Å². The SMILES string of the molecule is O=C(CCCNc1cccc(Cl)c1[N+](=O)[O-])NC1CC1. The van der Waals surface area contributed by atoms with Gasteiger partial charge in [0.05, 0.1) is 4.92 Å². The van der Waals surface area contributed by atoms with E-state index in [4.69, 9.17) is 11.6 Å². The van der Waals surface area contributed by atoms with E-state index >= 15 is 0 Å². The third kappa shape index (κ3) is 4.09. The van der Waals surface area contributed by atoms with Crippen LogP contribution < -0.4 is 10.6 Å². The number of nitro groups is 1. The average Bonchev–Trinajstić information content (AvgIpc) is 3.18. The lowest BCUT2D eigenvalue weighted by atomic mass is 10.2. The van der Waals surface area contributed by atoms with Crippen LogP contribution in [0.15, 0.2) is 18.2 Å². The Kier molecular flexibility index (Phi) is 4.79. The Hall–Kier alpha value is -1.82. The van der Waals surface area contributed by atoms with Crippen molar-refractivity contribution in [2.75, 3.05) is 11.9 Å². The van der Waals surface area contributed by atoms with Crippen molar-refractivity contribution in [1.82, 2.24) is 5.32 Å². The molecule has 6 nitrogen and oxygen atoms in total. The molecule has 0 radical (unpaired) electrons. The minimum atomic E-state index is -0.509. The monoisotopic (exact) mass is 297 g/mol. The van der Waals surface area contributed by atoms with Gasteiger partial charge in [-0.1, -0.05) is 17.7 Å². The predicted molar refractivity (Wildman–Crippen MR) is 77.0 cm³/mol. The van der Waals surface area contributed by atoms with Gasteiger partial charge in [0, 0.05) is 19.0 Å². The van der Waals surface area contributed by atoms with Gasteiger partial charge in [0.25, 0.3) is 0 Å². The summed E-state index contributed by atoms with van der Waals surface area (Å²) in [6.45, 7) is 0.485. The maximum Gasteiger partial charge on any atom is 0.310 e. The van der Waals surface area contributed by atoms with Crippen molar-refractivity contribution in [3.05, 3.63) is 33.3 Å². The van der Waals surface area contributed by atoms with Crippen LogP contribution in [0.25, 0.3) is 0 Å². The number of nitrogens with one attached hydrogen (secondary N) is 2. The predicted octanol–water partition coefficient (Wildman–Crippen LogP) is 2.72. The van der Waals surface area contributed by atoms with Crippen LogP contribution in [0.4, 0.5) is 11.4 Å².